The molecule has 0 aliphatic carbocycles. The number of benzene rings is 1. The molecule has 2 aromatic heterocycles. The van der Waals surface area contributed by atoms with Gasteiger partial charge in [0.2, 0.25) is 5.95 Å². The highest BCUT2D eigenvalue weighted by molar-refractivity contribution is 5.91. The number of aryl methyl sites for hydroxylation is 1. The number of rotatable bonds is 5. The molecule has 150 valence electrons. The number of piperazine rings is 1. The molecule has 0 bridgehead atoms. The number of aromatic nitrogens is 2. The Morgan fingerprint density at radius 1 is 1.07 bits per heavy atom. The molecule has 7 nitrogen and oxygen atoms in total. The summed E-state index contributed by atoms with van der Waals surface area (Å²) in [7, 11) is 0. The first-order valence-corrected chi connectivity index (χ1v) is 9.91. The zero-order chi connectivity index (χ0) is 20.2. The van der Waals surface area contributed by atoms with Crippen LogP contribution in [0.15, 0.2) is 59.2 Å². The molecule has 0 unspecified atom stereocenters. The SMILES string of the molecule is CCN(c1ccccc1)c1cc(C)nc(N2CCN(C(=O)c3ccco3)CC2)n1. The Labute approximate surface area is 170 Å². The standard InChI is InChI=1S/C22H25N5O2/c1-3-27(18-8-5-4-6-9-18)20-16-17(2)23-22(24-20)26-13-11-25(12-14-26)21(28)19-10-7-15-29-19/h4-10,15-16H,3,11-14H2,1-2H3. The largest absolute Gasteiger partial charge is 0.459 e. The Hall–Kier alpha value is -3.35. The van der Waals surface area contributed by atoms with Gasteiger partial charge in [-0.25, -0.2) is 4.98 Å². The van der Waals surface area contributed by atoms with Gasteiger partial charge in [-0.15, -0.1) is 0 Å². The second kappa shape index (κ2) is 8.34. The van der Waals surface area contributed by atoms with E-state index in [4.69, 9.17) is 9.40 Å². The van der Waals surface area contributed by atoms with Gasteiger partial charge in [-0.2, -0.15) is 4.98 Å². The Kier molecular flexibility index (Phi) is 5.46. The molecule has 0 atom stereocenters. The molecular formula is C22H25N5O2. The molecule has 1 saturated heterocycles. The minimum Gasteiger partial charge on any atom is -0.459 e. The van der Waals surface area contributed by atoms with Crippen LogP contribution in [0.25, 0.3) is 0 Å². The van der Waals surface area contributed by atoms with Gasteiger partial charge in [0.15, 0.2) is 5.76 Å². The maximum atomic E-state index is 12.5. The van der Waals surface area contributed by atoms with Crippen LogP contribution in [0.1, 0.15) is 23.2 Å². The summed E-state index contributed by atoms with van der Waals surface area (Å²) in [6, 6.07) is 15.7. The van der Waals surface area contributed by atoms with Gasteiger partial charge in [0.05, 0.1) is 6.26 Å². The summed E-state index contributed by atoms with van der Waals surface area (Å²) in [5.41, 5.74) is 2.03. The molecule has 7 heteroatoms. The van der Waals surface area contributed by atoms with Crippen molar-refractivity contribution >= 4 is 23.4 Å². The molecule has 1 aromatic carbocycles. The molecule has 0 N–H and O–H groups in total. The van der Waals surface area contributed by atoms with Gasteiger partial charge in [-0.3, -0.25) is 4.79 Å². The van der Waals surface area contributed by atoms with E-state index in [1.54, 1.807) is 12.1 Å². The van der Waals surface area contributed by atoms with Crippen molar-refractivity contribution < 1.29 is 9.21 Å². The number of anilines is 3. The number of amides is 1. The molecular weight excluding hydrogens is 366 g/mol. The molecule has 1 aliphatic heterocycles. The van der Waals surface area contributed by atoms with Crippen LogP contribution < -0.4 is 9.80 Å². The monoisotopic (exact) mass is 391 g/mol. The Morgan fingerprint density at radius 3 is 2.48 bits per heavy atom. The highest BCUT2D eigenvalue weighted by Crippen LogP contribution is 2.25. The summed E-state index contributed by atoms with van der Waals surface area (Å²) in [4.78, 5) is 28.1. The fourth-order valence-electron chi connectivity index (χ4n) is 3.57. The summed E-state index contributed by atoms with van der Waals surface area (Å²) in [6.45, 7) is 7.52. The third kappa shape index (κ3) is 4.08. The van der Waals surface area contributed by atoms with Gasteiger partial charge >= 0.3 is 0 Å². The van der Waals surface area contributed by atoms with Crippen LogP contribution in [0, 0.1) is 6.92 Å². The lowest BCUT2D eigenvalue weighted by Crippen LogP contribution is -2.49. The van der Waals surface area contributed by atoms with Crippen molar-refractivity contribution in [2.75, 3.05) is 42.5 Å². The topological polar surface area (TPSA) is 65.7 Å². The van der Waals surface area contributed by atoms with Crippen molar-refractivity contribution in [1.82, 2.24) is 14.9 Å². The smallest absolute Gasteiger partial charge is 0.289 e. The lowest BCUT2D eigenvalue weighted by Gasteiger charge is -2.35. The van der Waals surface area contributed by atoms with Crippen molar-refractivity contribution in [3.63, 3.8) is 0 Å². The maximum absolute atomic E-state index is 12.5. The molecule has 3 heterocycles. The van der Waals surface area contributed by atoms with E-state index in [0.29, 0.717) is 37.9 Å². The number of para-hydroxylation sites is 1. The van der Waals surface area contributed by atoms with Crippen molar-refractivity contribution in [3.05, 3.63) is 66.2 Å². The zero-order valence-corrected chi connectivity index (χ0v) is 16.8. The number of furan rings is 1. The number of carbonyl (C=O) groups excluding carboxylic acids is 1. The number of nitrogens with zero attached hydrogens (tertiary/aromatic N) is 5. The van der Waals surface area contributed by atoms with Crippen LogP contribution in [0.5, 0.6) is 0 Å². The molecule has 0 radical (unpaired) electrons. The second-order valence-corrected chi connectivity index (χ2v) is 7.00. The molecule has 29 heavy (non-hydrogen) atoms. The Bertz CT molecular complexity index is 951. The molecule has 0 spiro atoms. The summed E-state index contributed by atoms with van der Waals surface area (Å²) < 4.78 is 5.24. The van der Waals surface area contributed by atoms with Crippen molar-refractivity contribution in [2.45, 2.75) is 13.8 Å². The molecule has 1 fully saturated rings. The lowest BCUT2D eigenvalue weighted by atomic mass is 10.2. The Balaban J connectivity index is 1.50. The van der Waals surface area contributed by atoms with Gasteiger partial charge in [-0.05, 0) is 38.1 Å². The van der Waals surface area contributed by atoms with E-state index >= 15 is 0 Å². The summed E-state index contributed by atoms with van der Waals surface area (Å²) in [5, 5.41) is 0. The molecule has 1 aliphatic rings. The minimum absolute atomic E-state index is 0.0678. The molecule has 4 rings (SSSR count). The van der Waals surface area contributed by atoms with Crippen molar-refractivity contribution in [3.8, 4) is 0 Å². The van der Waals surface area contributed by atoms with E-state index < -0.39 is 0 Å². The first kappa shape index (κ1) is 19.0. The normalized spacial score (nSPS) is 14.1. The fourth-order valence-corrected chi connectivity index (χ4v) is 3.57. The lowest BCUT2D eigenvalue weighted by molar-refractivity contribution is 0.0714. The van der Waals surface area contributed by atoms with Crippen molar-refractivity contribution in [2.24, 2.45) is 0 Å². The van der Waals surface area contributed by atoms with Crippen LogP contribution in [-0.4, -0.2) is 53.5 Å². The fraction of sp³-hybridized carbons (Fsp3) is 0.318. The summed E-state index contributed by atoms with van der Waals surface area (Å²) in [6.07, 6.45) is 1.53. The number of hydrogen-bond acceptors (Lipinski definition) is 6. The minimum atomic E-state index is -0.0678. The summed E-state index contributed by atoms with van der Waals surface area (Å²) >= 11 is 0. The zero-order valence-electron chi connectivity index (χ0n) is 16.8. The van der Waals surface area contributed by atoms with E-state index in [2.05, 4.69) is 33.8 Å². The number of hydrogen-bond donors (Lipinski definition) is 0. The quantitative estimate of drug-likeness (QED) is 0.663. The van der Waals surface area contributed by atoms with E-state index in [0.717, 1.165) is 23.7 Å². The van der Waals surface area contributed by atoms with Crippen LogP contribution in [0.4, 0.5) is 17.5 Å². The van der Waals surface area contributed by atoms with E-state index in [-0.39, 0.29) is 5.91 Å². The average Bonchev–Trinajstić information content (AvgIpc) is 3.29. The predicted octanol–water partition coefficient (Wildman–Crippen LogP) is 3.50. The van der Waals surface area contributed by atoms with Gasteiger partial charge < -0.3 is 19.1 Å². The van der Waals surface area contributed by atoms with Gasteiger partial charge in [-0.1, -0.05) is 18.2 Å². The Morgan fingerprint density at radius 2 is 1.83 bits per heavy atom. The third-order valence-corrected chi connectivity index (χ3v) is 5.07. The van der Waals surface area contributed by atoms with E-state index in [9.17, 15) is 4.79 Å². The van der Waals surface area contributed by atoms with Crippen LogP contribution in [0.3, 0.4) is 0 Å². The highest BCUT2D eigenvalue weighted by atomic mass is 16.3. The molecule has 3 aromatic rings. The highest BCUT2D eigenvalue weighted by Gasteiger charge is 2.25. The number of carbonyl (C=O) groups is 1. The first-order chi connectivity index (χ1) is 14.2. The van der Waals surface area contributed by atoms with Gasteiger partial charge in [0.25, 0.3) is 5.91 Å². The average molecular weight is 391 g/mol. The van der Waals surface area contributed by atoms with Gasteiger partial charge in [0, 0.05) is 50.2 Å². The summed E-state index contributed by atoms with van der Waals surface area (Å²) in [5.74, 6) is 1.91. The van der Waals surface area contributed by atoms with Crippen LogP contribution in [-0.2, 0) is 0 Å². The predicted molar refractivity (Wildman–Crippen MR) is 113 cm³/mol. The van der Waals surface area contributed by atoms with E-state index in [1.807, 2.05) is 36.1 Å². The van der Waals surface area contributed by atoms with Gasteiger partial charge in [0.1, 0.15) is 5.82 Å². The van der Waals surface area contributed by atoms with Crippen LogP contribution in [0.2, 0.25) is 0 Å². The maximum Gasteiger partial charge on any atom is 0.289 e. The van der Waals surface area contributed by atoms with E-state index in [1.165, 1.54) is 6.26 Å². The first-order valence-electron chi connectivity index (χ1n) is 9.91. The second-order valence-electron chi connectivity index (χ2n) is 7.00. The molecule has 0 saturated carbocycles. The van der Waals surface area contributed by atoms with Crippen LogP contribution >= 0.6 is 0 Å². The third-order valence-electron chi connectivity index (χ3n) is 5.07. The molecule has 1 amide bonds. The van der Waals surface area contributed by atoms with Crippen molar-refractivity contribution in [1.29, 1.82) is 0 Å².